The van der Waals surface area contributed by atoms with Crippen LogP contribution >= 0.6 is 23.8 Å². The van der Waals surface area contributed by atoms with Crippen molar-refractivity contribution in [2.45, 2.75) is 61.8 Å². The summed E-state index contributed by atoms with van der Waals surface area (Å²) in [5, 5.41) is 12.2. The van der Waals surface area contributed by atoms with E-state index in [9.17, 15) is 13.2 Å². The van der Waals surface area contributed by atoms with E-state index in [1.807, 2.05) is 29.9 Å². The molecule has 8 rings (SSSR count). The normalized spacial score (nSPS) is 20.5. The molecule has 16 heteroatoms. The second-order valence-corrected chi connectivity index (χ2v) is 17.9. The van der Waals surface area contributed by atoms with Crippen molar-refractivity contribution in [1.29, 1.82) is 0 Å². The van der Waals surface area contributed by atoms with E-state index in [-0.39, 0.29) is 12.1 Å². The molecule has 4 aromatic rings. The average molecular weight is 791 g/mol. The fourth-order valence-corrected chi connectivity index (χ4v) is 10.2. The molecule has 2 N–H and O–H groups in total. The molecule has 0 bridgehead atoms. The van der Waals surface area contributed by atoms with E-state index in [0.29, 0.717) is 77.4 Å². The van der Waals surface area contributed by atoms with Crippen LogP contribution in [0.4, 0.5) is 22.2 Å². The number of rotatable bonds is 9. The quantitative estimate of drug-likeness (QED) is 0.206. The molecular weight excluding hydrogens is 744 g/mol. The van der Waals surface area contributed by atoms with Gasteiger partial charge in [0.05, 0.1) is 32.8 Å². The molecule has 2 aromatic carbocycles. The van der Waals surface area contributed by atoms with Crippen molar-refractivity contribution in [3.63, 3.8) is 0 Å². The topological polar surface area (TPSA) is 132 Å². The number of thiocarbonyl (C=S) groups is 1. The number of carbonyl (C=O) groups is 1. The first-order chi connectivity index (χ1) is 26.1. The number of amides is 2. The zero-order chi connectivity index (χ0) is 37.4. The summed E-state index contributed by atoms with van der Waals surface area (Å²) in [6.45, 7) is 6.53. The van der Waals surface area contributed by atoms with Crippen LogP contribution in [-0.4, -0.2) is 107 Å². The van der Waals surface area contributed by atoms with Crippen LogP contribution in [0.2, 0.25) is 5.02 Å². The zero-order valence-electron chi connectivity index (χ0n) is 30.5. The van der Waals surface area contributed by atoms with Gasteiger partial charge in [-0.2, -0.15) is 9.40 Å². The van der Waals surface area contributed by atoms with Crippen LogP contribution in [0, 0.1) is 5.92 Å². The highest BCUT2D eigenvalue weighted by molar-refractivity contribution is 7.89. The third-order valence-corrected chi connectivity index (χ3v) is 14.0. The van der Waals surface area contributed by atoms with Gasteiger partial charge in [0.25, 0.3) is 0 Å². The Balaban J connectivity index is 0.808. The van der Waals surface area contributed by atoms with Crippen molar-refractivity contribution < 1.29 is 13.2 Å². The van der Waals surface area contributed by atoms with Gasteiger partial charge in [0.15, 0.2) is 5.82 Å². The van der Waals surface area contributed by atoms with E-state index in [1.54, 1.807) is 27.7 Å². The van der Waals surface area contributed by atoms with Crippen molar-refractivity contribution in [2.75, 3.05) is 67.5 Å². The number of fused-ring (bicyclic) bond motifs is 1. The molecule has 0 aliphatic carbocycles. The van der Waals surface area contributed by atoms with Crippen LogP contribution in [0.1, 0.15) is 56.4 Å². The number of carbonyl (C=O) groups excluding carboxylic acids is 1. The number of benzene rings is 2. The number of aryl methyl sites for hydroxylation is 1. The Morgan fingerprint density at radius 1 is 0.926 bits per heavy atom. The number of anilines is 3. The highest BCUT2D eigenvalue weighted by Crippen LogP contribution is 2.35. The number of halogens is 1. The summed E-state index contributed by atoms with van der Waals surface area (Å²) in [7, 11) is -1.66. The van der Waals surface area contributed by atoms with Crippen molar-refractivity contribution in [2.24, 2.45) is 13.0 Å². The molecule has 6 heterocycles. The Bertz CT molecular complexity index is 2110. The number of sulfonamides is 1. The van der Waals surface area contributed by atoms with Gasteiger partial charge < -0.3 is 20.4 Å². The summed E-state index contributed by atoms with van der Waals surface area (Å²) >= 11 is 11.1. The molecule has 286 valence electrons. The molecule has 2 aromatic heterocycles. The van der Waals surface area contributed by atoms with Crippen LogP contribution in [-0.2, 0) is 17.1 Å². The smallest absolute Gasteiger partial charge is 0.327 e. The summed E-state index contributed by atoms with van der Waals surface area (Å²) in [5.41, 5.74) is 3.36. The minimum Gasteiger partial charge on any atom is -0.371 e. The van der Waals surface area contributed by atoms with E-state index in [0.717, 1.165) is 75.0 Å². The van der Waals surface area contributed by atoms with Gasteiger partial charge >= 0.3 is 6.03 Å². The van der Waals surface area contributed by atoms with Crippen molar-refractivity contribution >= 4 is 73.2 Å². The van der Waals surface area contributed by atoms with Gasteiger partial charge in [-0.1, -0.05) is 36.0 Å². The lowest BCUT2D eigenvalue weighted by Gasteiger charge is -2.38. The summed E-state index contributed by atoms with van der Waals surface area (Å²) in [6.07, 6.45) is 9.51. The molecule has 0 saturated carbocycles. The second kappa shape index (κ2) is 15.7. The largest absolute Gasteiger partial charge is 0.371 e. The maximum absolute atomic E-state index is 13.7. The summed E-state index contributed by atoms with van der Waals surface area (Å²) in [5.74, 6) is 2.32. The number of aromatic nitrogens is 4. The third kappa shape index (κ3) is 7.92. The molecule has 0 spiro atoms. The maximum atomic E-state index is 13.7. The summed E-state index contributed by atoms with van der Waals surface area (Å²) in [4.78, 5) is 28.6. The Kier molecular flexibility index (Phi) is 10.8. The molecule has 0 unspecified atom stereocenters. The van der Waals surface area contributed by atoms with Crippen LogP contribution in [0.25, 0.3) is 10.9 Å². The predicted molar refractivity (Wildman–Crippen MR) is 216 cm³/mol. The van der Waals surface area contributed by atoms with Gasteiger partial charge in [-0.3, -0.25) is 9.58 Å². The third-order valence-electron chi connectivity index (χ3n) is 11.6. The average Bonchev–Trinajstić information content (AvgIpc) is 3.51. The number of hydrogen-bond donors (Lipinski definition) is 2. The number of nitrogens with one attached hydrogen (secondary N) is 2. The number of likely N-dealkylation sites (tertiary alicyclic amines) is 1. The fraction of sp³-hybridized carbons (Fsp3) is 0.500. The van der Waals surface area contributed by atoms with E-state index in [4.69, 9.17) is 28.9 Å². The van der Waals surface area contributed by atoms with Crippen LogP contribution in [0.5, 0.6) is 0 Å². The molecule has 2 amide bonds. The first kappa shape index (κ1) is 37.1. The van der Waals surface area contributed by atoms with Crippen molar-refractivity contribution in [3.05, 3.63) is 65.4 Å². The Morgan fingerprint density at radius 3 is 2.39 bits per heavy atom. The van der Waals surface area contributed by atoms with Crippen LogP contribution in [0.3, 0.4) is 0 Å². The molecule has 4 fully saturated rings. The van der Waals surface area contributed by atoms with E-state index in [1.165, 1.54) is 5.56 Å². The maximum Gasteiger partial charge on any atom is 0.327 e. The fourth-order valence-electron chi connectivity index (χ4n) is 8.46. The SMILES string of the molecule is Cn1nc(N2CCC(=S)NC2=O)c2ccc(C3CCN(CC4CCN(c5cccc(S(=O)(=O)N6CCC(Nc7ncc(Cl)cn7)CC6)c5)CC4)CC3)cc21. The van der Waals surface area contributed by atoms with Gasteiger partial charge in [-0.05, 0) is 99.3 Å². The highest BCUT2D eigenvalue weighted by Gasteiger charge is 2.32. The number of hydrogen-bond acceptors (Lipinski definition) is 10. The zero-order valence-corrected chi connectivity index (χ0v) is 32.9. The Labute approximate surface area is 327 Å². The number of nitrogens with zero attached hydrogens (tertiary/aromatic N) is 8. The van der Waals surface area contributed by atoms with Crippen LogP contribution < -0.4 is 20.4 Å². The Morgan fingerprint density at radius 2 is 1.67 bits per heavy atom. The molecule has 4 saturated heterocycles. The molecule has 4 aliphatic heterocycles. The lowest BCUT2D eigenvalue weighted by Crippen LogP contribution is -2.49. The standard InChI is InChI=1S/C38H47ClN10O3S2/c1-45-34-21-28(5-6-33(34)36(44-45)49-20-13-35(53)43-38(49)50)27-9-14-46(15-10-27)25-26-7-16-47(17-8-26)31-3-2-4-32(22-31)54(51,52)48-18-11-30(12-19-48)42-37-40-23-29(39)24-41-37/h2-6,21-24,26-27,30H,7-20,25H2,1H3,(H,40,41,42)(H,43,50,53). The van der Waals surface area contributed by atoms with Crippen molar-refractivity contribution in [3.8, 4) is 0 Å². The molecule has 0 radical (unpaired) electrons. The minimum absolute atomic E-state index is 0.103. The Hall–Kier alpha value is -3.89. The van der Waals surface area contributed by atoms with Gasteiger partial charge in [-0.25, -0.2) is 23.2 Å². The van der Waals surface area contributed by atoms with Gasteiger partial charge in [-0.15, -0.1) is 0 Å². The van der Waals surface area contributed by atoms with E-state index in [2.05, 4.69) is 48.6 Å². The lowest BCUT2D eigenvalue weighted by atomic mass is 9.88. The first-order valence-corrected chi connectivity index (χ1v) is 21.2. The molecule has 4 aliphatic rings. The molecular formula is C38H47ClN10O3S2. The minimum atomic E-state index is -3.60. The predicted octanol–water partition coefficient (Wildman–Crippen LogP) is 5.63. The summed E-state index contributed by atoms with van der Waals surface area (Å²) in [6, 6.07) is 14.0. The van der Waals surface area contributed by atoms with Gasteiger partial charge in [0.1, 0.15) is 0 Å². The van der Waals surface area contributed by atoms with E-state index >= 15 is 0 Å². The molecule has 13 nitrogen and oxygen atoms in total. The molecule has 54 heavy (non-hydrogen) atoms. The summed E-state index contributed by atoms with van der Waals surface area (Å²) < 4.78 is 30.9. The number of urea groups is 1. The first-order valence-electron chi connectivity index (χ1n) is 19.0. The molecule has 0 atom stereocenters. The second-order valence-electron chi connectivity index (χ2n) is 15.0. The van der Waals surface area contributed by atoms with Crippen LogP contribution in [0.15, 0.2) is 59.8 Å². The highest BCUT2D eigenvalue weighted by atomic mass is 35.5. The monoisotopic (exact) mass is 790 g/mol. The van der Waals surface area contributed by atoms with Crippen molar-refractivity contribution in [1.82, 2.24) is 34.3 Å². The lowest BCUT2D eigenvalue weighted by molar-refractivity contribution is 0.170. The number of piperidine rings is 3. The van der Waals surface area contributed by atoms with Gasteiger partial charge in [0.2, 0.25) is 16.0 Å². The van der Waals surface area contributed by atoms with E-state index < -0.39 is 10.0 Å². The van der Waals surface area contributed by atoms with Gasteiger partial charge in [0, 0.05) is 69.9 Å².